The SMILES string of the molecule is Cc1ccnc(NC(=O)CCNC(=O)C23CC4CC(CC(C4)C2)C3)c1. The summed E-state index contributed by atoms with van der Waals surface area (Å²) in [5.41, 5.74) is 0.920. The fraction of sp³-hybridized carbons (Fsp3) is 0.650. The first-order chi connectivity index (χ1) is 12.0. The van der Waals surface area contributed by atoms with Gasteiger partial charge in [-0.05, 0) is 80.9 Å². The summed E-state index contributed by atoms with van der Waals surface area (Å²) in [6.45, 7) is 2.36. The first-order valence-corrected chi connectivity index (χ1v) is 9.53. The van der Waals surface area contributed by atoms with E-state index in [1.807, 2.05) is 19.1 Å². The molecule has 0 unspecified atom stereocenters. The third-order valence-electron chi connectivity index (χ3n) is 6.34. The van der Waals surface area contributed by atoms with Crippen molar-refractivity contribution in [2.45, 2.75) is 51.9 Å². The Kier molecular flexibility index (Phi) is 4.26. The van der Waals surface area contributed by atoms with E-state index in [0.29, 0.717) is 12.4 Å². The summed E-state index contributed by atoms with van der Waals surface area (Å²) >= 11 is 0. The van der Waals surface area contributed by atoms with Crippen molar-refractivity contribution in [1.82, 2.24) is 10.3 Å². The van der Waals surface area contributed by atoms with Crippen LogP contribution in [0.4, 0.5) is 5.82 Å². The highest BCUT2D eigenvalue weighted by Crippen LogP contribution is 2.60. The summed E-state index contributed by atoms with van der Waals surface area (Å²) in [7, 11) is 0. The Labute approximate surface area is 149 Å². The molecule has 4 bridgehead atoms. The van der Waals surface area contributed by atoms with E-state index >= 15 is 0 Å². The van der Waals surface area contributed by atoms with Crippen LogP contribution in [0.3, 0.4) is 0 Å². The van der Waals surface area contributed by atoms with E-state index in [4.69, 9.17) is 0 Å². The first-order valence-electron chi connectivity index (χ1n) is 9.53. The van der Waals surface area contributed by atoms with Crippen molar-refractivity contribution in [2.24, 2.45) is 23.2 Å². The Hall–Kier alpha value is -1.91. The van der Waals surface area contributed by atoms with Gasteiger partial charge in [0.05, 0.1) is 0 Å². The highest BCUT2D eigenvalue weighted by Gasteiger charge is 2.54. The summed E-state index contributed by atoms with van der Waals surface area (Å²) < 4.78 is 0. The van der Waals surface area contributed by atoms with E-state index in [2.05, 4.69) is 15.6 Å². The Morgan fingerprint density at radius 2 is 1.80 bits per heavy atom. The van der Waals surface area contributed by atoms with Crippen LogP contribution < -0.4 is 10.6 Å². The van der Waals surface area contributed by atoms with Crippen molar-refractivity contribution < 1.29 is 9.59 Å². The summed E-state index contributed by atoms with van der Waals surface area (Å²) in [4.78, 5) is 29.0. The fourth-order valence-corrected chi connectivity index (χ4v) is 5.68. The molecule has 4 aliphatic carbocycles. The van der Waals surface area contributed by atoms with Crippen LogP contribution in [0.5, 0.6) is 0 Å². The Morgan fingerprint density at radius 1 is 1.16 bits per heavy atom. The molecule has 4 aliphatic rings. The molecule has 0 saturated heterocycles. The van der Waals surface area contributed by atoms with Gasteiger partial charge in [-0.2, -0.15) is 0 Å². The summed E-state index contributed by atoms with van der Waals surface area (Å²) in [5.74, 6) is 2.92. The fourth-order valence-electron chi connectivity index (χ4n) is 5.68. The third-order valence-corrected chi connectivity index (χ3v) is 6.34. The van der Waals surface area contributed by atoms with Gasteiger partial charge in [-0.25, -0.2) is 4.98 Å². The number of amides is 2. The average Bonchev–Trinajstić information content (AvgIpc) is 2.53. The van der Waals surface area contributed by atoms with E-state index < -0.39 is 0 Å². The molecule has 0 spiro atoms. The van der Waals surface area contributed by atoms with Crippen LogP contribution in [0.25, 0.3) is 0 Å². The molecule has 25 heavy (non-hydrogen) atoms. The van der Waals surface area contributed by atoms with Crippen molar-refractivity contribution in [3.05, 3.63) is 23.9 Å². The molecule has 5 nitrogen and oxygen atoms in total. The summed E-state index contributed by atoms with van der Waals surface area (Å²) in [5, 5.41) is 5.84. The molecule has 4 saturated carbocycles. The topological polar surface area (TPSA) is 71.1 Å². The predicted octanol–water partition coefficient (Wildman–Crippen LogP) is 3.05. The predicted molar refractivity (Wildman–Crippen MR) is 95.8 cm³/mol. The number of hydrogen-bond acceptors (Lipinski definition) is 3. The second kappa shape index (κ2) is 6.43. The van der Waals surface area contributed by atoms with Gasteiger partial charge in [0, 0.05) is 24.6 Å². The maximum Gasteiger partial charge on any atom is 0.227 e. The Bertz CT molecular complexity index is 650. The van der Waals surface area contributed by atoms with Crippen LogP contribution in [-0.4, -0.2) is 23.3 Å². The van der Waals surface area contributed by atoms with Gasteiger partial charge in [-0.15, -0.1) is 0 Å². The molecule has 0 aliphatic heterocycles. The Morgan fingerprint density at radius 3 is 2.40 bits per heavy atom. The zero-order valence-corrected chi connectivity index (χ0v) is 14.9. The highest BCUT2D eigenvalue weighted by molar-refractivity contribution is 5.90. The molecular formula is C20H27N3O2. The van der Waals surface area contributed by atoms with Gasteiger partial charge in [-0.3, -0.25) is 9.59 Å². The van der Waals surface area contributed by atoms with Crippen LogP contribution in [-0.2, 0) is 9.59 Å². The number of hydrogen-bond donors (Lipinski definition) is 2. The lowest BCUT2D eigenvalue weighted by atomic mass is 9.49. The van der Waals surface area contributed by atoms with Gasteiger partial charge < -0.3 is 10.6 Å². The van der Waals surface area contributed by atoms with E-state index in [0.717, 1.165) is 42.6 Å². The number of aromatic nitrogens is 1. The molecule has 2 N–H and O–H groups in total. The molecule has 2 amide bonds. The second-order valence-corrected chi connectivity index (χ2v) is 8.47. The molecule has 0 aromatic carbocycles. The van der Waals surface area contributed by atoms with Crippen molar-refractivity contribution in [3.8, 4) is 0 Å². The second-order valence-electron chi connectivity index (χ2n) is 8.47. The van der Waals surface area contributed by atoms with E-state index in [-0.39, 0.29) is 23.7 Å². The molecular weight excluding hydrogens is 314 g/mol. The molecule has 1 aromatic heterocycles. The van der Waals surface area contributed by atoms with Crippen LogP contribution in [0.15, 0.2) is 18.3 Å². The molecule has 1 heterocycles. The average molecular weight is 341 g/mol. The zero-order chi connectivity index (χ0) is 17.4. The quantitative estimate of drug-likeness (QED) is 0.865. The summed E-state index contributed by atoms with van der Waals surface area (Å²) in [6, 6.07) is 3.73. The van der Waals surface area contributed by atoms with Crippen molar-refractivity contribution >= 4 is 17.6 Å². The number of aryl methyl sites for hydroxylation is 1. The van der Waals surface area contributed by atoms with Gasteiger partial charge in [0.25, 0.3) is 0 Å². The lowest BCUT2D eigenvalue weighted by Gasteiger charge is -2.55. The maximum atomic E-state index is 12.8. The van der Waals surface area contributed by atoms with Crippen LogP contribution in [0.2, 0.25) is 0 Å². The van der Waals surface area contributed by atoms with E-state index in [9.17, 15) is 9.59 Å². The molecule has 0 atom stereocenters. The Balaban J connectivity index is 1.27. The van der Waals surface area contributed by atoms with Crippen LogP contribution >= 0.6 is 0 Å². The molecule has 4 fully saturated rings. The highest BCUT2D eigenvalue weighted by atomic mass is 16.2. The van der Waals surface area contributed by atoms with Gasteiger partial charge in [0.1, 0.15) is 5.82 Å². The molecule has 5 heteroatoms. The molecule has 0 radical (unpaired) electrons. The van der Waals surface area contributed by atoms with Gasteiger partial charge in [-0.1, -0.05) is 0 Å². The van der Waals surface area contributed by atoms with E-state index in [1.54, 1.807) is 6.20 Å². The minimum absolute atomic E-state index is 0.107. The summed E-state index contributed by atoms with van der Waals surface area (Å²) in [6.07, 6.45) is 9.14. The smallest absolute Gasteiger partial charge is 0.227 e. The number of pyridine rings is 1. The monoisotopic (exact) mass is 341 g/mol. The molecule has 134 valence electrons. The van der Waals surface area contributed by atoms with Gasteiger partial charge in [0.15, 0.2) is 0 Å². The van der Waals surface area contributed by atoms with Crippen LogP contribution in [0, 0.1) is 30.1 Å². The number of carbonyl (C=O) groups excluding carboxylic acids is 2. The van der Waals surface area contributed by atoms with Crippen molar-refractivity contribution in [3.63, 3.8) is 0 Å². The number of anilines is 1. The number of nitrogens with one attached hydrogen (secondary N) is 2. The van der Waals surface area contributed by atoms with E-state index in [1.165, 1.54) is 19.3 Å². The number of rotatable bonds is 5. The molecule has 5 rings (SSSR count). The lowest BCUT2D eigenvalue weighted by Crippen LogP contribution is -2.53. The normalized spacial score (nSPS) is 32.4. The van der Waals surface area contributed by atoms with Crippen molar-refractivity contribution in [1.29, 1.82) is 0 Å². The number of nitrogens with zero attached hydrogens (tertiary/aromatic N) is 1. The van der Waals surface area contributed by atoms with Gasteiger partial charge in [0.2, 0.25) is 11.8 Å². The number of carbonyl (C=O) groups is 2. The van der Waals surface area contributed by atoms with Crippen LogP contribution in [0.1, 0.15) is 50.5 Å². The van der Waals surface area contributed by atoms with Crippen molar-refractivity contribution in [2.75, 3.05) is 11.9 Å². The minimum Gasteiger partial charge on any atom is -0.355 e. The standard InChI is InChI=1S/C20H27N3O2/c1-13-2-4-21-17(6-13)23-18(24)3-5-22-19(25)20-10-14-7-15(11-20)9-16(8-14)12-20/h2,4,6,14-16H,3,5,7-12H2,1H3,(H,22,25)(H,21,23,24). The first kappa shape index (κ1) is 16.6. The zero-order valence-electron chi connectivity index (χ0n) is 14.9. The maximum absolute atomic E-state index is 12.8. The van der Waals surface area contributed by atoms with Gasteiger partial charge >= 0.3 is 0 Å². The third kappa shape index (κ3) is 3.42. The lowest BCUT2D eigenvalue weighted by molar-refractivity contribution is -0.146. The largest absolute Gasteiger partial charge is 0.355 e. The minimum atomic E-state index is -0.136. The molecule has 1 aromatic rings.